The molecule has 0 aromatic carbocycles. The number of anilines is 1. The van der Waals surface area contributed by atoms with Gasteiger partial charge < -0.3 is 10.4 Å². The molecule has 17 heavy (non-hydrogen) atoms. The first-order valence-electron chi connectivity index (χ1n) is 6.25. The maximum atomic E-state index is 9.59. The topological polar surface area (TPSA) is 70.9 Å². The summed E-state index contributed by atoms with van der Waals surface area (Å²) in [7, 11) is 0. The van der Waals surface area contributed by atoms with Crippen molar-refractivity contribution in [3.63, 3.8) is 0 Å². The van der Waals surface area contributed by atoms with Gasteiger partial charge in [-0.2, -0.15) is 5.10 Å². The lowest BCUT2D eigenvalue weighted by atomic mass is 9.87. The summed E-state index contributed by atoms with van der Waals surface area (Å²) in [6, 6.07) is 0. The number of aromatic nitrogens is 3. The van der Waals surface area contributed by atoms with Gasteiger partial charge in [0.1, 0.15) is 0 Å². The third kappa shape index (κ3) is 3.36. The molecule has 5 heteroatoms. The molecule has 1 aromatic rings. The molecule has 2 unspecified atom stereocenters. The van der Waals surface area contributed by atoms with Crippen LogP contribution in [-0.4, -0.2) is 32.9 Å². The number of nitrogens with one attached hydrogen (secondary N) is 1. The SMILES string of the molecule is Cc1nnc(NCC2CCCC(O)C2)nc1C. The van der Waals surface area contributed by atoms with E-state index in [1.807, 2.05) is 13.8 Å². The second-order valence-corrected chi connectivity index (χ2v) is 4.87. The summed E-state index contributed by atoms with van der Waals surface area (Å²) in [5.74, 6) is 1.11. The van der Waals surface area contributed by atoms with E-state index in [4.69, 9.17) is 0 Å². The fraction of sp³-hybridized carbons (Fsp3) is 0.750. The van der Waals surface area contributed by atoms with E-state index in [2.05, 4.69) is 20.5 Å². The first-order chi connectivity index (χ1) is 8.15. The first kappa shape index (κ1) is 12.2. The van der Waals surface area contributed by atoms with Crippen molar-refractivity contribution in [3.8, 4) is 0 Å². The van der Waals surface area contributed by atoms with Crippen LogP contribution in [0.15, 0.2) is 0 Å². The molecule has 1 fully saturated rings. The molecule has 1 saturated carbocycles. The lowest BCUT2D eigenvalue weighted by Gasteiger charge is -2.25. The normalized spacial score (nSPS) is 24.6. The number of rotatable bonds is 3. The van der Waals surface area contributed by atoms with Crippen LogP contribution < -0.4 is 5.32 Å². The van der Waals surface area contributed by atoms with Crippen LogP contribution in [0.2, 0.25) is 0 Å². The first-order valence-corrected chi connectivity index (χ1v) is 6.25. The highest BCUT2D eigenvalue weighted by Crippen LogP contribution is 2.24. The summed E-state index contributed by atoms with van der Waals surface area (Å²) >= 11 is 0. The van der Waals surface area contributed by atoms with Crippen LogP contribution in [0.3, 0.4) is 0 Å². The molecule has 1 aliphatic carbocycles. The maximum absolute atomic E-state index is 9.59. The average molecular weight is 236 g/mol. The van der Waals surface area contributed by atoms with Gasteiger partial charge >= 0.3 is 0 Å². The second-order valence-electron chi connectivity index (χ2n) is 4.87. The van der Waals surface area contributed by atoms with Crippen molar-refractivity contribution in [2.24, 2.45) is 5.92 Å². The van der Waals surface area contributed by atoms with E-state index >= 15 is 0 Å². The smallest absolute Gasteiger partial charge is 0.242 e. The molecule has 2 N–H and O–H groups in total. The van der Waals surface area contributed by atoms with Gasteiger partial charge in [0.05, 0.1) is 17.5 Å². The molecule has 0 saturated heterocycles. The Balaban J connectivity index is 1.86. The van der Waals surface area contributed by atoms with Gasteiger partial charge in [-0.3, -0.25) is 0 Å². The van der Waals surface area contributed by atoms with E-state index in [0.29, 0.717) is 11.9 Å². The molecule has 0 aliphatic heterocycles. The zero-order valence-electron chi connectivity index (χ0n) is 10.5. The number of aryl methyl sites for hydroxylation is 2. The third-order valence-corrected chi connectivity index (χ3v) is 3.40. The number of aliphatic hydroxyl groups excluding tert-OH is 1. The molecule has 1 heterocycles. The Bertz CT molecular complexity index is 383. The minimum Gasteiger partial charge on any atom is -0.393 e. The third-order valence-electron chi connectivity index (χ3n) is 3.40. The molecule has 94 valence electrons. The van der Waals surface area contributed by atoms with Crippen molar-refractivity contribution in [2.45, 2.75) is 45.6 Å². The fourth-order valence-corrected chi connectivity index (χ4v) is 2.22. The van der Waals surface area contributed by atoms with E-state index in [1.54, 1.807) is 0 Å². The summed E-state index contributed by atoms with van der Waals surface area (Å²) in [5, 5.41) is 20.8. The highest BCUT2D eigenvalue weighted by Gasteiger charge is 2.20. The Morgan fingerprint density at radius 1 is 1.24 bits per heavy atom. The molecule has 5 nitrogen and oxygen atoms in total. The molecule has 0 amide bonds. The van der Waals surface area contributed by atoms with Gasteiger partial charge in [-0.25, -0.2) is 4.98 Å². The number of hydrogen-bond acceptors (Lipinski definition) is 5. The van der Waals surface area contributed by atoms with E-state index in [9.17, 15) is 5.11 Å². The summed E-state index contributed by atoms with van der Waals surface area (Å²) in [6.45, 7) is 4.65. The van der Waals surface area contributed by atoms with Gasteiger partial charge in [0.25, 0.3) is 0 Å². The molecule has 0 spiro atoms. The van der Waals surface area contributed by atoms with Crippen LogP contribution in [0, 0.1) is 19.8 Å². The van der Waals surface area contributed by atoms with Gasteiger partial charge in [-0.05, 0) is 39.0 Å². The highest BCUT2D eigenvalue weighted by molar-refractivity contribution is 5.24. The van der Waals surface area contributed by atoms with Crippen LogP contribution in [0.5, 0.6) is 0 Å². The van der Waals surface area contributed by atoms with E-state index < -0.39 is 0 Å². The van der Waals surface area contributed by atoms with Crippen LogP contribution in [-0.2, 0) is 0 Å². The number of hydrogen-bond donors (Lipinski definition) is 2. The van der Waals surface area contributed by atoms with Crippen molar-refractivity contribution in [1.82, 2.24) is 15.2 Å². The molecule has 2 rings (SSSR count). The largest absolute Gasteiger partial charge is 0.393 e. The Morgan fingerprint density at radius 2 is 2.06 bits per heavy atom. The van der Waals surface area contributed by atoms with Crippen LogP contribution in [0.25, 0.3) is 0 Å². The molecule has 0 radical (unpaired) electrons. The highest BCUT2D eigenvalue weighted by atomic mass is 16.3. The Labute approximate surface area is 102 Å². The zero-order chi connectivity index (χ0) is 12.3. The van der Waals surface area contributed by atoms with E-state index in [1.165, 1.54) is 6.42 Å². The fourth-order valence-electron chi connectivity index (χ4n) is 2.22. The van der Waals surface area contributed by atoms with Crippen molar-refractivity contribution in [1.29, 1.82) is 0 Å². The van der Waals surface area contributed by atoms with Gasteiger partial charge in [-0.15, -0.1) is 5.10 Å². The molecular formula is C12H20N4O. The zero-order valence-corrected chi connectivity index (χ0v) is 10.5. The van der Waals surface area contributed by atoms with Crippen molar-refractivity contribution < 1.29 is 5.11 Å². The predicted octanol–water partition coefficient (Wildman–Crippen LogP) is 1.45. The monoisotopic (exact) mass is 236 g/mol. The van der Waals surface area contributed by atoms with Crippen molar-refractivity contribution in [3.05, 3.63) is 11.4 Å². The lowest BCUT2D eigenvalue weighted by Crippen LogP contribution is -2.25. The Kier molecular flexibility index (Phi) is 3.89. The minimum absolute atomic E-state index is 0.130. The van der Waals surface area contributed by atoms with Crippen LogP contribution in [0.1, 0.15) is 37.1 Å². The summed E-state index contributed by atoms with van der Waals surface area (Å²) in [6.07, 6.45) is 3.97. The Hall–Kier alpha value is -1.23. The minimum atomic E-state index is -0.130. The molecule has 2 atom stereocenters. The summed E-state index contributed by atoms with van der Waals surface area (Å²) in [5.41, 5.74) is 1.77. The lowest BCUT2D eigenvalue weighted by molar-refractivity contribution is 0.104. The van der Waals surface area contributed by atoms with Gasteiger partial charge in [0.15, 0.2) is 0 Å². The van der Waals surface area contributed by atoms with Crippen LogP contribution >= 0.6 is 0 Å². The summed E-state index contributed by atoms with van der Waals surface area (Å²) < 4.78 is 0. The van der Waals surface area contributed by atoms with Gasteiger partial charge in [0.2, 0.25) is 5.95 Å². The molecule has 1 aromatic heterocycles. The van der Waals surface area contributed by atoms with E-state index in [-0.39, 0.29) is 6.10 Å². The molecule has 1 aliphatic rings. The summed E-state index contributed by atoms with van der Waals surface area (Å²) in [4.78, 5) is 4.33. The van der Waals surface area contributed by atoms with Crippen molar-refractivity contribution >= 4 is 5.95 Å². The Morgan fingerprint density at radius 3 is 2.76 bits per heavy atom. The predicted molar refractivity (Wildman–Crippen MR) is 65.8 cm³/mol. The van der Waals surface area contributed by atoms with Gasteiger partial charge in [-0.1, -0.05) is 6.42 Å². The molecule has 0 bridgehead atoms. The maximum Gasteiger partial charge on any atom is 0.242 e. The average Bonchev–Trinajstić information content (AvgIpc) is 2.31. The molecular weight excluding hydrogens is 216 g/mol. The van der Waals surface area contributed by atoms with Gasteiger partial charge in [0, 0.05) is 6.54 Å². The number of nitrogens with zero attached hydrogens (tertiary/aromatic N) is 3. The second kappa shape index (κ2) is 5.40. The number of aliphatic hydroxyl groups is 1. The van der Waals surface area contributed by atoms with Crippen molar-refractivity contribution in [2.75, 3.05) is 11.9 Å². The quantitative estimate of drug-likeness (QED) is 0.831. The standard InChI is InChI=1S/C12H20N4O/c1-8-9(2)15-16-12(14-8)13-7-10-4-3-5-11(17)6-10/h10-11,17H,3-7H2,1-2H3,(H,13,14,16). The van der Waals surface area contributed by atoms with E-state index in [0.717, 1.165) is 37.2 Å². The van der Waals surface area contributed by atoms with Crippen LogP contribution in [0.4, 0.5) is 5.95 Å².